The van der Waals surface area contributed by atoms with E-state index in [9.17, 15) is 0 Å². The third-order valence-corrected chi connectivity index (χ3v) is 3.38. The highest BCUT2D eigenvalue weighted by molar-refractivity contribution is 5.95. The predicted molar refractivity (Wildman–Crippen MR) is 76.9 cm³/mol. The number of aromatic nitrogens is 1. The maximum atomic E-state index is 5.86. The Morgan fingerprint density at radius 3 is 2.74 bits per heavy atom. The van der Waals surface area contributed by atoms with Crippen LogP contribution in [-0.4, -0.2) is 12.0 Å². The Morgan fingerprint density at radius 1 is 1.11 bits per heavy atom. The zero-order valence-electron chi connectivity index (χ0n) is 11.1. The molecule has 1 atom stereocenters. The first-order valence-electron chi connectivity index (χ1n) is 6.40. The van der Waals surface area contributed by atoms with Crippen LogP contribution in [0.3, 0.4) is 0 Å². The summed E-state index contributed by atoms with van der Waals surface area (Å²) in [5, 5.41) is 5.52. The van der Waals surface area contributed by atoms with Gasteiger partial charge in [0.05, 0.1) is 12.2 Å². The van der Waals surface area contributed by atoms with E-state index in [0.717, 1.165) is 11.3 Å². The molecule has 3 nitrogen and oxygen atoms in total. The average molecular weight is 252 g/mol. The topological polar surface area (TPSA) is 38.1 Å². The highest BCUT2D eigenvalue weighted by Crippen LogP contribution is 2.29. The van der Waals surface area contributed by atoms with Crippen molar-refractivity contribution in [2.24, 2.45) is 0 Å². The molecule has 0 aliphatic heterocycles. The highest BCUT2D eigenvalue weighted by atomic mass is 16.4. The van der Waals surface area contributed by atoms with Crippen molar-refractivity contribution >= 4 is 10.8 Å². The number of hydrogen-bond donors (Lipinski definition) is 1. The van der Waals surface area contributed by atoms with Gasteiger partial charge in [-0.25, -0.2) is 4.98 Å². The summed E-state index contributed by atoms with van der Waals surface area (Å²) in [7, 11) is 1.90. The fourth-order valence-corrected chi connectivity index (χ4v) is 2.18. The van der Waals surface area contributed by atoms with E-state index in [1.54, 1.807) is 6.20 Å². The van der Waals surface area contributed by atoms with Crippen molar-refractivity contribution in [3.05, 3.63) is 54.6 Å². The molecule has 1 heterocycles. The van der Waals surface area contributed by atoms with Crippen molar-refractivity contribution < 1.29 is 4.42 Å². The van der Waals surface area contributed by atoms with E-state index in [2.05, 4.69) is 34.6 Å². The quantitative estimate of drug-likeness (QED) is 0.771. The third-order valence-electron chi connectivity index (χ3n) is 3.38. The van der Waals surface area contributed by atoms with Crippen LogP contribution in [0.1, 0.15) is 18.9 Å². The molecule has 0 aliphatic rings. The van der Waals surface area contributed by atoms with E-state index >= 15 is 0 Å². The van der Waals surface area contributed by atoms with Gasteiger partial charge in [0.15, 0.2) is 5.76 Å². The SMILES string of the molecule is CNC(C)c1ncc(-c2cccc3ccccc23)o1. The molecule has 0 amide bonds. The molecule has 0 spiro atoms. The maximum absolute atomic E-state index is 5.86. The molecule has 1 aromatic heterocycles. The first-order valence-corrected chi connectivity index (χ1v) is 6.40. The van der Waals surface area contributed by atoms with E-state index in [1.165, 1.54) is 10.8 Å². The minimum atomic E-state index is 0.115. The zero-order valence-corrected chi connectivity index (χ0v) is 11.1. The minimum Gasteiger partial charge on any atom is -0.439 e. The summed E-state index contributed by atoms with van der Waals surface area (Å²) in [6.45, 7) is 2.03. The van der Waals surface area contributed by atoms with Crippen molar-refractivity contribution in [2.45, 2.75) is 13.0 Å². The number of oxazole rings is 1. The Labute approximate surface area is 112 Å². The molecule has 96 valence electrons. The summed E-state index contributed by atoms with van der Waals surface area (Å²) >= 11 is 0. The Balaban J connectivity index is 2.12. The first-order chi connectivity index (χ1) is 9.29. The van der Waals surface area contributed by atoms with Crippen molar-refractivity contribution in [1.29, 1.82) is 0 Å². The highest BCUT2D eigenvalue weighted by Gasteiger charge is 2.12. The second-order valence-corrected chi connectivity index (χ2v) is 4.60. The van der Waals surface area contributed by atoms with Crippen LogP contribution in [0.25, 0.3) is 22.1 Å². The second kappa shape index (κ2) is 4.86. The molecule has 3 heteroatoms. The summed E-state index contributed by atoms with van der Waals surface area (Å²) in [6, 6.07) is 14.6. The fraction of sp³-hybridized carbons (Fsp3) is 0.188. The first kappa shape index (κ1) is 11.9. The lowest BCUT2D eigenvalue weighted by Gasteiger charge is -2.05. The van der Waals surface area contributed by atoms with E-state index < -0.39 is 0 Å². The molecule has 2 aromatic carbocycles. The van der Waals surface area contributed by atoms with Crippen LogP contribution in [0.4, 0.5) is 0 Å². The second-order valence-electron chi connectivity index (χ2n) is 4.60. The summed E-state index contributed by atoms with van der Waals surface area (Å²) in [5.74, 6) is 1.53. The molecule has 0 aliphatic carbocycles. The summed E-state index contributed by atoms with van der Waals surface area (Å²) in [4.78, 5) is 4.34. The zero-order chi connectivity index (χ0) is 13.2. The van der Waals surface area contributed by atoms with Gasteiger partial charge >= 0.3 is 0 Å². The number of nitrogens with zero attached hydrogens (tertiary/aromatic N) is 1. The van der Waals surface area contributed by atoms with Crippen LogP contribution >= 0.6 is 0 Å². The molecule has 1 unspecified atom stereocenters. The standard InChI is InChI=1S/C16H16N2O/c1-11(17-2)16-18-10-15(19-16)14-9-5-7-12-6-3-4-8-13(12)14/h3-11,17H,1-2H3. The number of rotatable bonds is 3. The molecule has 3 rings (SSSR count). The van der Waals surface area contributed by atoms with Gasteiger partial charge in [0, 0.05) is 5.56 Å². The Bertz CT molecular complexity index is 697. The molecule has 0 fully saturated rings. The van der Waals surface area contributed by atoms with E-state index in [0.29, 0.717) is 5.89 Å². The monoisotopic (exact) mass is 252 g/mol. The molecular formula is C16H16N2O. The van der Waals surface area contributed by atoms with Gasteiger partial charge in [-0.05, 0) is 24.7 Å². The molecule has 0 radical (unpaired) electrons. The van der Waals surface area contributed by atoms with Gasteiger partial charge in [-0.3, -0.25) is 0 Å². The van der Waals surface area contributed by atoms with Gasteiger partial charge in [0.2, 0.25) is 5.89 Å². The van der Waals surface area contributed by atoms with Gasteiger partial charge < -0.3 is 9.73 Å². The summed E-state index contributed by atoms with van der Waals surface area (Å²) < 4.78 is 5.86. The van der Waals surface area contributed by atoms with E-state index in [-0.39, 0.29) is 6.04 Å². The lowest BCUT2D eigenvalue weighted by molar-refractivity contribution is 0.441. The van der Waals surface area contributed by atoms with Crippen LogP contribution in [-0.2, 0) is 0 Å². The Morgan fingerprint density at radius 2 is 1.89 bits per heavy atom. The molecule has 3 aromatic rings. The van der Waals surface area contributed by atoms with Crippen molar-refractivity contribution in [3.8, 4) is 11.3 Å². The van der Waals surface area contributed by atoms with Gasteiger partial charge in [-0.2, -0.15) is 0 Å². The van der Waals surface area contributed by atoms with Crippen LogP contribution < -0.4 is 5.32 Å². The number of benzene rings is 2. The van der Waals surface area contributed by atoms with E-state index in [1.807, 2.05) is 32.2 Å². The molecule has 0 saturated carbocycles. The maximum Gasteiger partial charge on any atom is 0.211 e. The van der Waals surface area contributed by atoms with Gasteiger partial charge in [-0.15, -0.1) is 0 Å². The molecular weight excluding hydrogens is 236 g/mol. The van der Waals surface area contributed by atoms with Crippen LogP contribution in [0.2, 0.25) is 0 Å². The molecule has 1 N–H and O–H groups in total. The molecule has 19 heavy (non-hydrogen) atoms. The Hall–Kier alpha value is -2.13. The third kappa shape index (κ3) is 2.13. The normalized spacial score (nSPS) is 12.7. The summed E-state index contributed by atoms with van der Waals surface area (Å²) in [5.41, 5.74) is 1.08. The Kier molecular flexibility index (Phi) is 3.05. The van der Waals surface area contributed by atoms with Crippen LogP contribution in [0, 0.1) is 0 Å². The van der Waals surface area contributed by atoms with Gasteiger partial charge in [0.1, 0.15) is 0 Å². The largest absolute Gasteiger partial charge is 0.439 e. The number of nitrogens with one attached hydrogen (secondary N) is 1. The van der Waals surface area contributed by atoms with Crippen LogP contribution in [0.15, 0.2) is 53.1 Å². The van der Waals surface area contributed by atoms with E-state index in [4.69, 9.17) is 4.42 Å². The predicted octanol–water partition coefficient (Wildman–Crippen LogP) is 3.78. The average Bonchev–Trinajstić information content (AvgIpc) is 2.95. The lowest BCUT2D eigenvalue weighted by Crippen LogP contribution is -2.12. The van der Waals surface area contributed by atoms with Gasteiger partial charge in [0.25, 0.3) is 0 Å². The minimum absolute atomic E-state index is 0.115. The van der Waals surface area contributed by atoms with Gasteiger partial charge in [-0.1, -0.05) is 42.5 Å². The fourth-order valence-electron chi connectivity index (χ4n) is 2.18. The lowest BCUT2D eigenvalue weighted by atomic mass is 10.0. The number of hydrogen-bond acceptors (Lipinski definition) is 3. The molecule has 0 saturated heterocycles. The van der Waals surface area contributed by atoms with Crippen molar-refractivity contribution in [1.82, 2.24) is 10.3 Å². The summed E-state index contributed by atoms with van der Waals surface area (Å²) in [6.07, 6.45) is 1.80. The van der Waals surface area contributed by atoms with Crippen molar-refractivity contribution in [3.63, 3.8) is 0 Å². The molecule has 0 bridgehead atoms. The number of fused-ring (bicyclic) bond motifs is 1. The van der Waals surface area contributed by atoms with Crippen molar-refractivity contribution in [2.75, 3.05) is 7.05 Å². The smallest absolute Gasteiger partial charge is 0.211 e. The van der Waals surface area contributed by atoms with Crippen LogP contribution in [0.5, 0.6) is 0 Å².